The first-order valence-corrected chi connectivity index (χ1v) is 12.9. The highest BCUT2D eigenvalue weighted by Crippen LogP contribution is 2.35. The lowest BCUT2D eigenvalue weighted by molar-refractivity contribution is -0.138. The van der Waals surface area contributed by atoms with Gasteiger partial charge < -0.3 is 32.1 Å². The number of rotatable bonds is 12. The van der Waals surface area contributed by atoms with E-state index in [1.165, 1.54) is 24.8 Å². The molecule has 216 valence electrons. The Morgan fingerprint density at radius 3 is 2.05 bits per heavy atom. The number of hydrogen-bond acceptors (Lipinski definition) is 6. The van der Waals surface area contributed by atoms with Crippen molar-refractivity contribution in [2.45, 2.75) is 44.1 Å². The molecule has 4 aromatic rings. The van der Waals surface area contributed by atoms with E-state index in [0.29, 0.717) is 28.9 Å². The Morgan fingerprint density at radius 2 is 1.46 bits per heavy atom. The summed E-state index contributed by atoms with van der Waals surface area (Å²) in [5, 5.41) is 5.33. The molecule has 2 atom stereocenters. The molecular formula is C28H31F3N8O2. The quantitative estimate of drug-likeness (QED) is 0.153. The van der Waals surface area contributed by atoms with Crippen molar-refractivity contribution in [3.63, 3.8) is 0 Å². The molecule has 4 rings (SSSR count). The molecule has 0 aliphatic rings. The van der Waals surface area contributed by atoms with Crippen LogP contribution in [0.1, 0.15) is 28.1 Å². The van der Waals surface area contributed by atoms with Crippen LogP contribution in [0.15, 0.2) is 67.5 Å². The molecule has 0 saturated carbocycles. The predicted octanol–water partition coefficient (Wildman–Crippen LogP) is 2.23. The van der Waals surface area contributed by atoms with E-state index in [1.807, 2.05) is 12.1 Å². The highest BCUT2D eigenvalue weighted by atomic mass is 19.4. The van der Waals surface area contributed by atoms with E-state index in [1.54, 1.807) is 24.5 Å². The number of carbonyl (C=O) groups excluding carboxylic acids is 2. The van der Waals surface area contributed by atoms with Gasteiger partial charge in [-0.2, -0.15) is 13.2 Å². The van der Waals surface area contributed by atoms with Crippen LogP contribution in [0, 0.1) is 0 Å². The van der Waals surface area contributed by atoms with Crippen molar-refractivity contribution in [3.8, 4) is 11.1 Å². The first-order valence-electron chi connectivity index (χ1n) is 12.9. The fraction of sp³-hybridized carbons (Fsp3) is 0.286. The van der Waals surface area contributed by atoms with Crippen molar-refractivity contribution in [1.82, 2.24) is 30.6 Å². The summed E-state index contributed by atoms with van der Waals surface area (Å²) in [6, 6.07) is 9.32. The zero-order valence-electron chi connectivity index (χ0n) is 22.0. The van der Waals surface area contributed by atoms with E-state index in [0.717, 1.165) is 11.6 Å². The Balaban J connectivity index is 1.45. The molecule has 8 N–H and O–H groups in total. The zero-order chi connectivity index (χ0) is 29.4. The maximum Gasteiger partial charge on any atom is 0.416 e. The summed E-state index contributed by atoms with van der Waals surface area (Å²) in [6.45, 7) is -0.0799. The average molecular weight is 569 g/mol. The maximum absolute atomic E-state index is 13.8. The highest BCUT2D eigenvalue weighted by molar-refractivity contribution is 5.82. The van der Waals surface area contributed by atoms with E-state index in [-0.39, 0.29) is 37.4 Å². The van der Waals surface area contributed by atoms with Crippen molar-refractivity contribution < 1.29 is 22.8 Å². The van der Waals surface area contributed by atoms with Crippen molar-refractivity contribution in [1.29, 1.82) is 0 Å². The lowest BCUT2D eigenvalue weighted by atomic mass is 9.94. The summed E-state index contributed by atoms with van der Waals surface area (Å²) in [5.74, 6) is -0.920. The van der Waals surface area contributed by atoms with Gasteiger partial charge in [-0.25, -0.2) is 9.97 Å². The van der Waals surface area contributed by atoms with E-state index in [2.05, 4.69) is 30.6 Å². The summed E-state index contributed by atoms with van der Waals surface area (Å²) in [7, 11) is 0. The molecule has 0 saturated heterocycles. The molecule has 41 heavy (non-hydrogen) atoms. The van der Waals surface area contributed by atoms with Gasteiger partial charge in [-0.1, -0.05) is 30.3 Å². The van der Waals surface area contributed by atoms with Crippen LogP contribution in [0.3, 0.4) is 0 Å². The monoisotopic (exact) mass is 568 g/mol. The Kier molecular flexibility index (Phi) is 9.53. The second kappa shape index (κ2) is 13.2. The topological polar surface area (TPSA) is 168 Å². The second-order valence-electron chi connectivity index (χ2n) is 9.53. The lowest BCUT2D eigenvalue weighted by Gasteiger charge is -2.18. The van der Waals surface area contributed by atoms with E-state index in [9.17, 15) is 22.8 Å². The number of nitrogens with zero attached hydrogens (tertiary/aromatic N) is 2. The first kappa shape index (κ1) is 29.5. The average Bonchev–Trinajstić information content (AvgIpc) is 3.66. The number of alkyl halides is 3. The first-order chi connectivity index (χ1) is 19.6. The zero-order valence-corrected chi connectivity index (χ0v) is 22.0. The molecule has 0 bridgehead atoms. The number of benzene rings is 2. The minimum absolute atomic E-state index is 0.0947. The van der Waals surface area contributed by atoms with Gasteiger partial charge in [0.25, 0.3) is 0 Å². The minimum Gasteiger partial charge on any atom is -0.354 e. The normalized spacial score (nSPS) is 13.0. The molecule has 0 aliphatic carbocycles. The van der Waals surface area contributed by atoms with Gasteiger partial charge >= 0.3 is 6.18 Å². The van der Waals surface area contributed by atoms with Gasteiger partial charge in [0.05, 0.1) is 41.7 Å². The van der Waals surface area contributed by atoms with Crippen molar-refractivity contribution >= 4 is 11.8 Å². The Labute approximate surface area is 234 Å². The number of amides is 2. The van der Waals surface area contributed by atoms with Gasteiger partial charge in [0, 0.05) is 38.3 Å². The van der Waals surface area contributed by atoms with Crippen LogP contribution >= 0.6 is 0 Å². The minimum atomic E-state index is -4.62. The smallest absolute Gasteiger partial charge is 0.354 e. The SMILES string of the molecule is N[C@H](Cc1c[nH]cn1)C(=O)NCCc1ccccc1-c1ccc(C(F)(F)F)c(CNC(=O)[C@@H](N)Cc2c[nH]cn2)c1. The van der Waals surface area contributed by atoms with Crippen LogP contribution in [0.5, 0.6) is 0 Å². The summed E-state index contributed by atoms with van der Waals surface area (Å²) >= 11 is 0. The van der Waals surface area contributed by atoms with Crippen LogP contribution in [0.4, 0.5) is 13.2 Å². The highest BCUT2D eigenvalue weighted by Gasteiger charge is 2.33. The van der Waals surface area contributed by atoms with Crippen LogP contribution in [-0.4, -0.2) is 50.4 Å². The third-order valence-corrected chi connectivity index (χ3v) is 6.53. The van der Waals surface area contributed by atoms with Gasteiger partial charge in [0.1, 0.15) is 0 Å². The molecule has 13 heteroatoms. The number of H-pyrrole nitrogens is 2. The van der Waals surface area contributed by atoms with Gasteiger partial charge in [-0.3, -0.25) is 9.59 Å². The Hall–Kier alpha value is -4.49. The summed E-state index contributed by atoms with van der Waals surface area (Å²) < 4.78 is 41.5. The van der Waals surface area contributed by atoms with Crippen LogP contribution in [0.25, 0.3) is 11.1 Å². The second-order valence-corrected chi connectivity index (χ2v) is 9.53. The fourth-order valence-corrected chi connectivity index (χ4v) is 4.41. The van der Waals surface area contributed by atoms with Crippen molar-refractivity contribution in [2.75, 3.05) is 6.54 Å². The molecule has 0 aliphatic heterocycles. The number of aromatic nitrogens is 4. The molecule has 2 heterocycles. The Bertz CT molecular complexity index is 1440. The number of carbonyl (C=O) groups is 2. The molecule has 0 radical (unpaired) electrons. The lowest BCUT2D eigenvalue weighted by Crippen LogP contribution is -2.42. The summed E-state index contributed by atoms with van der Waals surface area (Å²) in [6.07, 6.45) is 2.45. The number of hydrogen-bond donors (Lipinski definition) is 6. The Morgan fingerprint density at radius 1 is 0.854 bits per heavy atom. The molecular weight excluding hydrogens is 537 g/mol. The van der Waals surface area contributed by atoms with Gasteiger partial charge in [0.2, 0.25) is 11.8 Å². The summed E-state index contributed by atoms with van der Waals surface area (Å²) in [5.41, 5.74) is 14.3. The van der Waals surface area contributed by atoms with Gasteiger partial charge in [-0.15, -0.1) is 0 Å². The van der Waals surface area contributed by atoms with Crippen molar-refractivity contribution in [2.24, 2.45) is 11.5 Å². The molecule has 0 unspecified atom stereocenters. The summed E-state index contributed by atoms with van der Waals surface area (Å²) in [4.78, 5) is 38.6. The van der Waals surface area contributed by atoms with Crippen molar-refractivity contribution in [3.05, 3.63) is 95.6 Å². The maximum atomic E-state index is 13.8. The largest absolute Gasteiger partial charge is 0.416 e. The molecule has 10 nitrogen and oxygen atoms in total. The van der Waals surface area contributed by atoms with Crippen LogP contribution < -0.4 is 22.1 Å². The van der Waals surface area contributed by atoms with E-state index < -0.39 is 29.7 Å². The van der Waals surface area contributed by atoms with Gasteiger partial charge in [0.15, 0.2) is 0 Å². The van der Waals surface area contributed by atoms with E-state index in [4.69, 9.17) is 11.5 Å². The number of imidazole rings is 2. The fourth-order valence-electron chi connectivity index (χ4n) is 4.41. The number of nitrogens with two attached hydrogens (primary N) is 2. The molecule has 2 aromatic heterocycles. The third kappa shape index (κ3) is 8.02. The number of aromatic amines is 2. The number of nitrogens with one attached hydrogen (secondary N) is 4. The molecule has 0 spiro atoms. The van der Waals surface area contributed by atoms with Gasteiger partial charge in [-0.05, 0) is 40.8 Å². The molecule has 2 amide bonds. The van der Waals surface area contributed by atoms with Crippen LogP contribution in [0.2, 0.25) is 0 Å². The van der Waals surface area contributed by atoms with Crippen LogP contribution in [-0.2, 0) is 41.6 Å². The number of halogens is 3. The predicted molar refractivity (Wildman–Crippen MR) is 146 cm³/mol. The molecule has 0 fully saturated rings. The molecule has 2 aromatic carbocycles. The standard InChI is InChI=1S/C28H31F3N8O2/c29-28(30,31)23-6-5-18(9-19(23)12-37-27(41)25(33)11-21-14-35-16-39-21)22-4-2-1-3-17(22)7-8-36-26(40)24(32)10-20-13-34-15-38-20/h1-6,9,13-16,24-25H,7-8,10-12,32-33H2,(H,34,38)(H,35,39)(H,36,40)(H,37,41)/t24-,25+/m1/s1. The van der Waals surface area contributed by atoms with E-state index >= 15 is 0 Å². The third-order valence-electron chi connectivity index (χ3n) is 6.53.